The monoisotopic (exact) mass is 758 g/mol. The van der Waals surface area contributed by atoms with Crippen LogP contribution >= 0.6 is 49.5 Å². The summed E-state index contributed by atoms with van der Waals surface area (Å²) in [5.41, 5.74) is 0. The number of hydrogen-bond acceptors (Lipinski definition) is 16. The van der Waals surface area contributed by atoms with Crippen molar-refractivity contribution in [2.24, 2.45) is 0 Å². The second-order valence-corrected chi connectivity index (χ2v) is 7.57. The van der Waals surface area contributed by atoms with Crippen LogP contribution in [0.5, 0.6) is 0 Å². The molecule has 0 saturated heterocycles. The normalized spacial score (nSPS) is 15.7. The number of aliphatic hydroxyl groups is 1. The molecule has 0 amide bonds. The van der Waals surface area contributed by atoms with Crippen LogP contribution in [0.25, 0.3) is 0 Å². The van der Waals surface area contributed by atoms with E-state index in [9.17, 15) is 56.8 Å². The third kappa shape index (κ3) is 80.1. The molecule has 26 heavy (non-hydrogen) atoms. The van der Waals surface area contributed by atoms with Gasteiger partial charge < -0.3 is 61.9 Å². The predicted octanol–water partition coefficient (Wildman–Crippen LogP) is -4.49. The van der Waals surface area contributed by atoms with Gasteiger partial charge in [0.25, 0.3) is 0 Å². The van der Waals surface area contributed by atoms with Crippen LogP contribution in [-0.2, 0) is 40.3 Å². The van der Waals surface area contributed by atoms with Gasteiger partial charge in [0.2, 0.25) is 0 Å². The van der Waals surface area contributed by atoms with Crippen molar-refractivity contribution in [2.45, 2.75) is 6.92 Å². The van der Waals surface area contributed by atoms with Crippen LogP contribution < -0.4 is 29.4 Å². The van der Waals surface area contributed by atoms with Crippen molar-refractivity contribution < 1.29 is 158 Å². The molecule has 0 aliphatic rings. The fourth-order valence-corrected chi connectivity index (χ4v) is 1.84. The Morgan fingerprint density at radius 1 is 0.577 bits per heavy atom. The summed E-state index contributed by atoms with van der Waals surface area (Å²) in [6.07, 6.45) is 0. The van der Waals surface area contributed by atoms with Gasteiger partial charge in [0.1, 0.15) is 49.5 Å². The molecule has 16 nitrogen and oxygen atoms in total. The van der Waals surface area contributed by atoms with E-state index in [1.54, 1.807) is 6.92 Å². The van der Waals surface area contributed by atoms with Gasteiger partial charge in [-0.3, -0.25) is 12.9 Å². The van der Waals surface area contributed by atoms with E-state index in [-0.39, 0.29) is 90.1 Å². The van der Waals surface area contributed by atoms with Gasteiger partial charge in [-0.1, -0.05) is 0 Å². The molecule has 0 saturated carbocycles. The van der Waals surface area contributed by atoms with Gasteiger partial charge in [0.05, 0.1) is 0 Å². The van der Waals surface area contributed by atoms with Crippen molar-refractivity contribution in [3.05, 3.63) is 0 Å². The Morgan fingerprint density at radius 2 is 0.654 bits per heavy atom. The van der Waals surface area contributed by atoms with Crippen molar-refractivity contribution in [1.29, 1.82) is 0 Å². The average molecular weight is 758 g/mol. The Balaban J connectivity index is -0.0000000517. The average Bonchev–Trinajstić information content (AvgIpc) is 2.24. The van der Waals surface area contributed by atoms with Crippen molar-refractivity contribution in [2.75, 3.05) is 6.61 Å². The van der Waals surface area contributed by atoms with Gasteiger partial charge in [0, 0.05) is 6.61 Å². The van der Waals surface area contributed by atoms with Crippen LogP contribution in [-0.4, -0.2) is 11.7 Å². The first-order valence-electron chi connectivity index (χ1n) is 4.70. The molecule has 0 aromatic carbocycles. The zero-order valence-electron chi connectivity index (χ0n) is 12.3. The van der Waals surface area contributed by atoms with E-state index in [4.69, 9.17) is 5.11 Å². The largest absolute Gasteiger partial charge is 3.00 e. The number of hydrogen-bond donors (Lipinski definition) is 1. The van der Waals surface area contributed by atoms with Gasteiger partial charge in [-0.25, -0.2) is 0 Å². The van der Waals surface area contributed by atoms with Crippen molar-refractivity contribution in [1.82, 2.24) is 0 Å². The molecule has 0 rings (SSSR count). The molecule has 1 N–H and O–H groups in total. The molecule has 0 aromatic rings. The van der Waals surface area contributed by atoms with E-state index in [0.717, 1.165) is 0 Å². The van der Waals surface area contributed by atoms with Gasteiger partial charge in [-0.2, -0.15) is 0 Å². The topological polar surface area (TPSA) is 289 Å². The molecule has 0 aliphatic carbocycles. The molecule has 0 bridgehead atoms. The van der Waals surface area contributed by atoms with Crippen LogP contribution in [0.15, 0.2) is 0 Å². The Labute approximate surface area is 218 Å². The van der Waals surface area contributed by atoms with E-state index in [1.807, 2.05) is 0 Å². The zero-order chi connectivity index (χ0) is 20.3. The molecule has 24 heteroatoms. The summed E-state index contributed by atoms with van der Waals surface area (Å²) in [7, 11) is -21.1. The van der Waals surface area contributed by atoms with Crippen molar-refractivity contribution in [3.63, 3.8) is 0 Å². The Morgan fingerprint density at radius 3 is 0.654 bits per heavy atom. The van der Waals surface area contributed by atoms with Gasteiger partial charge in [0.15, 0.2) is 0 Å². The maximum absolute atomic E-state index is 9.29. The Hall–Kier alpha value is 3.73. The molecule has 0 aliphatic heterocycles. The third-order valence-corrected chi connectivity index (χ3v) is 4.50. The van der Waals surface area contributed by atoms with E-state index >= 15 is 0 Å². The minimum absolute atomic E-state index is 0. The molecule has 0 heterocycles. The quantitative estimate of drug-likeness (QED) is 0.250. The minimum atomic E-state index is -3.51. The first kappa shape index (κ1) is 43.6. The molecule has 154 valence electrons. The number of rotatable bonds is 6. The molecular formula is C2H12Ce2O16P6. The van der Waals surface area contributed by atoms with Gasteiger partial charge in [-0.15, -0.1) is 0 Å². The molecule has 0 spiro atoms. The summed E-state index contributed by atoms with van der Waals surface area (Å²) in [5, 5.41) is 7.57. The molecule has 0 aromatic heterocycles. The molecule has 6 unspecified atom stereocenters. The SMILES string of the molecule is CCO.O=[PH]([O-])O[PH](=O)[O-].O=[PH]([O-])O[PH](=O)[O-].O=[PH]([O-])O[PH](=O)[O-].[Ce+3].[Ce+3]. The van der Waals surface area contributed by atoms with Crippen LogP contribution in [0.4, 0.5) is 0 Å². The van der Waals surface area contributed by atoms with Crippen LogP contribution in [0.1, 0.15) is 6.92 Å². The first-order chi connectivity index (χ1) is 10.8. The fourth-order valence-electron chi connectivity index (χ4n) is 0.204. The van der Waals surface area contributed by atoms with E-state index < -0.39 is 49.5 Å². The fraction of sp³-hybridized carbons (Fsp3) is 1.00. The van der Waals surface area contributed by atoms with E-state index in [1.165, 1.54) is 0 Å². The molecule has 0 fully saturated rings. The third-order valence-electron chi connectivity index (χ3n) is 0.500. The smallest absolute Gasteiger partial charge is 0.781 e. The molecule has 6 atom stereocenters. The standard InChI is InChI=1S/C2H6O.2Ce.3H4O5P2/c1-2-3;;;3*1-6(2)5-7(3)4/h3H,2H2,1H3;;;3*6-7H,(H,1,2)(H,3,4)/q;2*+3;;;/p-6. The Kier molecular flexibility index (Phi) is 55.9. The van der Waals surface area contributed by atoms with E-state index in [2.05, 4.69) is 12.9 Å². The van der Waals surface area contributed by atoms with Crippen LogP contribution in [0.3, 0.4) is 0 Å². The second kappa shape index (κ2) is 33.4. The maximum Gasteiger partial charge on any atom is 3.00 e. The second-order valence-electron chi connectivity index (χ2n) is 2.12. The maximum atomic E-state index is 9.29. The number of aliphatic hydroxyl groups excluding tert-OH is 1. The zero-order valence-corrected chi connectivity index (χ0v) is 24.6. The van der Waals surface area contributed by atoms with Crippen molar-refractivity contribution >= 4 is 49.5 Å². The van der Waals surface area contributed by atoms with E-state index in [0.29, 0.717) is 0 Å². The molecular weight excluding hydrogens is 746 g/mol. The minimum Gasteiger partial charge on any atom is -0.781 e. The molecule has 2 radical (unpaired) electrons. The van der Waals surface area contributed by atoms with Gasteiger partial charge in [-0.05, 0) is 6.92 Å². The van der Waals surface area contributed by atoms with Gasteiger partial charge >= 0.3 is 83.5 Å². The summed E-state index contributed by atoms with van der Waals surface area (Å²) in [4.78, 5) is 55.7. The predicted molar refractivity (Wildman–Crippen MR) is 70.0 cm³/mol. The summed E-state index contributed by atoms with van der Waals surface area (Å²) >= 11 is 0. The summed E-state index contributed by atoms with van der Waals surface area (Å²) in [6, 6.07) is 0. The first-order valence-corrected chi connectivity index (χ1v) is 12.0. The van der Waals surface area contributed by atoms with Crippen LogP contribution in [0, 0.1) is 83.5 Å². The summed E-state index contributed by atoms with van der Waals surface area (Å²) in [5.74, 6) is 0. The summed E-state index contributed by atoms with van der Waals surface area (Å²) < 4.78 is 65.4. The Bertz CT molecular complexity index is 343. The van der Waals surface area contributed by atoms with Crippen LogP contribution in [0.2, 0.25) is 0 Å². The summed E-state index contributed by atoms with van der Waals surface area (Å²) in [6.45, 7) is 1.93. The van der Waals surface area contributed by atoms with Crippen molar-refractivity contribution in [3.8, 4) is 0 Å².